The smallest absolute Gasteiger partial charge is 0.307 e. The van der Waals surface area contributed by atoms with Gasteiger partial charge in [-0.3, -0.25) is 9.78 Å². The number of rotatable bonds is 4. The monoisotopic (exact) mass is 293 g/mol. The molecule has 0 aliphatic heterocycles. The quantitative estimate of drug-likeness (QED) is 0.869. The van der Waals surface area contributed by atoms with Crippen molar-refractivity contribution in [2.75, 3.05) is 0 Å². The number of aromatic nitrogens is 1. The van der Waals surface area contributed by atoms with Gasteiger partial charge in [0.25, 0.3) is 6.43 Å². The van der Waals surface area contributed by atoms with Crippen LogP contribution < -0.4 is 0 Å². The molecule has 0 saturated heterocycles. The summed E-state index contributed by atoms with van der Waals surface area (Å²) in [6.45, 7) is 1.48. The highest BCUT2D eigenvalue weighted by molar-refractivity contribution is 9.08. The molecule has 0 saturated carbocycles. The van der Waals surface area contributed by atoms with E-state index < -0.39 is 12.4 Å². The van der Waals surface area contributed by atoms with Crippen LogP contribution in [-0.4, -0.2) is 16.1 Å². The second kappa shape index (κ2) is 5.34. The second-order valence-corrected chi connectivity index (χ2v) is 3.83. The molecular formula is C10H10BrF2NO2. The molecule has 0 spiro atoms. The number of aryl methyl sites for hydroxylation is 1. The van der Waals surface area contributed by atoms with E-state index >= 15 is 0 Å². The van der Waals surface area contributed by atoms with Crippen molar-refractivity contribution in [3.8, 4) is 0 Å². The van der Waals surface area contributed by atoms with E-state index in [0.29, 0.717) is 11.1 Å². The summed E-state index contributed by atoms with van der Waals surface area (Å²) in [5.41, 5.74) is 0.712. The fourth-order valence-corrected chi connectivity index (χ4v) is 2.14. The standard InChI is InChI=1S/C10H10BrF2NO2/c1-5-9(10(12)13)7(3-11)6(4-14-5)2-8(15)16/h4,10H,2-3H2,1H3,(H,15,16). The molecule has 0 aliphatic carbocycles. The summed E-state index contributed by atoms with van der Waals surface area (Å²) in [7, 11) is 0. The second-order valence-electron chi connectivity index (χ2n) is 3.27. The third-order valence-corrected chi connectivity index (χ3v) is 2.77. The van der Waals surface area contributed by atoms with Gasteiger partial charge < -0.3 is 5.11 Å². The van der Waals surface area contributed by atoms with Crippen LogP contribution in [0, 0.1) is 6.92 Å². The number of hydrogen-bond acceptors (Lipinski definition) is 2. The number of halogens is 3. The van der Waals surface area contributed by atoms with Crippen molar-refractivity contribution in [1.82, 2.24) is 4.98 Å². The first-order valence-electron chi connectivity index (χ1n) is 4.50. The van der Waals surface area contributed by atoms with Gasteiger partial charge in [-0.1, -0.05) is 15.9 Å². The molecule has 1 N–H and O–H groups in total. The summed E-state index contributed by atoms with van der Waals surface area (Å²) in [6, 6.07) is 0. The molecule has 0 amide bonds. The van der Waals surface area contributed by atoms with Crippen LogP contribution in [0.5, 0.6) is 0 Å². The third-order valence-electron chi connectivity index (χ3n) is 2.21. The van der Waals surface area contributed by atoms with E-state index in [2.05, 4.69) is 20.9 Å². The molecule has 0 fully saturated rings. The van der Waals surface area contributed by atoms with Gasteiger partial charge >= 0.3 is 5.97 Å². The predicted molar refractivity (Wildman–Crippen MR) is 57.9 cm³/mol. The van der Waals surface area contributed by atoms with Crippen LogP contribution in [0.4, 0.5) is 8.78 Å². The minimum absolute atomic E-state index is 0.171. The van der Waals surface area contributed by atoms with Crippen molar-refractivity contribution in [1.29, 1.82) is 0 Å². The first-order chi connectivity index (χ1) is 7.47. The Balaban J connectivity index is 3.30. The minimum atomic E-state index is -2.64. The topological polar surface area (TPSA) is 50.2 Å². The molecule has 6 heteroatoms. The maximum atomic E-state index is 12.8. The predicted octanol–water partition coefficient (Wildman–Crippen LogP) is 2.85. The molecule has 0 radical (unpaired) electrons. The molecule has 1 rings (SSSR count). The summed E-state index contributed by atoms with van der Waals surface area (Å²) < 4.78 is 25.6. The number of hydrogen-bond donors (Lipinski definition) is 1. The number of pyridine rings is 1. The van der Waals surface area contributed by atoms with E-state index in [0.717, 1.165) is 0 Å². The number of carboxylic acids is 1. The zero-order valence-electron chi connectivity index (χ0n) is 8.51. The normalized spacial score (nSPS) is 10.8. The van der Waals surface area contributed by atoms with Gasteiger partial charge in [0.15, 0.2) is 0 Å². The average molecular weight is 294 g/mol. The molecule has 0 bridgehead atoms. The van der Waals surface area contributed by atoms with Crippen LogP contribution in [0.2, 0.25) is 0 Å². The minimum Gasteiger partial charge on any atom is -0.481 e. The zero-order chi connectivity index (χ0) is 12.3. The van der Waals surface area contributed by atoms with Crippen molar-refractivity contribution >= 4 is 21.9 Å². The van der Waals surface area contributed by atoms with Crippen LogP contribution in [0.1, 0.15) is 28.8 Å². The lowest BCUT2D eigenvalue weighted by molar-refractivity contribution is -0.136. The van der Waals surface area contributed by atoms with Crippen LogP contribution in [0.15, 0.2) is 6.20 Å². The van der Waals surface area contributed by atoms with Crippen LogP contribution in [0.3, 0.4) is 0 Å². The maximum absolute atomic E-state index is 12.8. The SMILES string of the molecule is Cc1ncc(CC(=O)O)c(CBr)c1C(F)F. The summed E-state index contributed by atoms with van der Waals surface area (Å²) in [5, 5.41) is 8.85. The van der Waals surface area contributed by atoms with E-state index in [4.69, 9.17) is 5.11 Å². The van der Waals surface area contributed by atoms with E-state index in [-0.39, 0.29) is 23.0 Å². The molecule has 1 aromatic heterocycles. The van der Waals surface area contributed by atoms with Gasteiger partial charge in [-0.2, -0.15) is 0 Å². The fraction of sp³-hybridized carbons (Fsp3) is 0.400. The van der Waals surface area contributed by atoms with E-state index in [1.54, 1.807) is 0 Å². The van der Waals surface area contributed by atoms with E-state index in [1.807, 2.05) is 0 Å². The largest absolute Gasteiger partial charge is 0.481 e. The van der Waals surface area contributed by atoms with Gasteiger partial charge in [0.2, 0.25) is 0 Å². The van der Waals surface area contributed by atoms with Gasteiger partial charge in [-0.25, -0.2) is 8.78 Å². The van der Waals surface area contributed by atoms with Crippen LogP contribution in [0.25, 0.3) is 0 Å². The lowest BCUT2D eigenvalue weighted by atomic mass is 10.0. The molecule has 0 aliphatic rings. The molecule has 3 nitrogen and oxygen atoms in total. The lowest BCUT2D eigenvalue weighted by Gasteiger charge is -2.13. The molecule has 88 valence electrons. The van der Waals surface area contributed by atoms with Crippen molar-refractivity contribution in [3.05, 3.63) is 28.6 Å². The van der Waals surface area contributed by atoms with Gasteiger partial charge in [0.05, 0.1) is 6.42 Å². The Labute approximate surface area is 99.6 Å². The molecule has 0 atom stereocenters. The van der Waals surface area contributed by atoms with Gasteiger partial charge in [0, 0.05) is 22.8 Å². The molecule has 0 unspecified atom stereocenters. The average Bonchev–Trinajstić information content (AvgIpc) is 2.18. The molecule has 1 heterocycles. The highest BCUT2D eigenvalue weighted by Crippen LogP contribution is 2.29. The van der Waals surface area contributed by atoms with Crippen molar-refractivity contribution in [3.63, 3.8) is 0 Å². The first kappa shape index (κ1) is 13.0. The number of carboxylic acid groups (broad SMARTS) is 1. The maximum Gasteiger partial charge on any atom is 0.307 e. The summed E-state index contributed by atoms with van der Waals surface area (Å²) in [5.74, 6) is -1.06. The van der Waals surface area contributed by atoms with Crippen LogP contribution >= 0.6 is 15.9 Å². The third kappa shape index (κ3) is 2.75. The Kier molecular flexibility index (Phi) is 4.35. The number of alkyl halides is 3. The van der Waals surface area contributed by atoms with Crippen molar-refractivity contribution in [2.24, 2.45) is 0 Å². The van der Waals surface area contributed by atoms with Crippen LogP contribution in [-0.2, 0) is 16.5 Å². The van der Waals surface area contributed by atoms with Gasteiger partial charge in [-0.05, 0) is 18.1 Å². The van der Waals surface area contributed by atoms with Gasteiger partial charge in [0.1, 0.15) is 0 Å². The Bertz CT molecular complexity index is 410. The first-order valence-corrected chi connectivity index (χ1v) is 5.62. The number of nitrogens with zero attached hydrogens (tertiary/aromatic N) is 1. The fourth-order valence-electron chi connectivity index (χ4n) is 1.48. The Morgan fingerprint density at radius 1 is 1.62 bits per heavy atom. The van der Waals surface area contributed by atoms with Crippen molar-refractivity contribution in [2.45, 2.75) is 25.1 Å². The summed E-state index contributed by atoms with van der Waals surface area (Å²) >= 11 is 3.10. The molecule has 1 aromatic rings. The molecular weight excluding hydrogens is 284 g/mol. The summed E-state index contributed by atoms with van der Waals surface area (Å²) in [6.07, 6.45) is -1.60. The van der Waals surface area contributed by atoms with E-state index in [9.17, 15) is 13.6 Å². The highest BCUT2D eigenvalue weighted by Gasteiger charge is 2.20. The van der Waals surface area contributed by atoms with E-state index in [1.165, 1.54) is 13.1 Å². The Morgan fingerprint density at radius 3 is 2.69 bits per heavy atom. The zero-order valence-corrected chi connectivity index (χ0v) is 10.1. The summed E-state index contributed by atoms with van der Waals surface area (Å²) in [4.78, 5) is 14.4. The Morgan fingerprint density at radius 2 is 2.25 bits per heavy atom. The lowest BCUT2D eigenvalue weighted by Crippen LogP contribution is -2.08. The Hall–Kier alpha value is -1.04. The number of carbonyl (C=O) groups is 1. The molecule has 0 aromatic carbocycles. The number of aliphatic carboxylic acids is 1. The highest BCUT2D eigenvalue weighted by atomic mass is 79.9. The molecule has 16 heavy (non-hydrogen) atoms. The van der Waals surface area contributed by atoms with Gasteiger partial charge in [-0.15, -0.1) is 0 Å². The van der Waals surface area contributed by atoms with Crippen molar-refractivity contribution < 1.29 is 18.7 Å².